The van der Waals surface area contributed by atoms with Gasteiger partial charge in [0.05, 0.1) is 6.61 Å². The molecule has 1 aliphatic heterocycles. The van der Waals surface area contributed by atoms with Crippen molar-refractivity contribution in [3.63, 3.8) is 0 Å². The minimum absolute atomic E-state index is 0.118. The van der Waals surface area contributed by atoms with E-state index in [4.69, 9.17) is 14.3 Å². The molecule has 5 nitrogen and oxygen atoms in total. The standard InChI is InChI=1S/C11H13NO4/c1-12(15-8-10-7-14-10)11(13)16-9-5-3-2-4-6-9/h2-6,10H,7-8H2,1H3. The summed E-state index contributed by atoms with van der Waals surface area (Å²) in [6.07, 6.45) is -0.432. The van der Waals surface area contributed by atoms with E-state index in [2.05, 4.69) is 0 Å². The normalized spacial score (nSPS) is 17.9. The second-order valence-electron chi connectivity index (χ2n) is 3.43. The van der Waals surface area contributed by atoms with Gasteiger partial charge in [-0.1, -0.05) is 18.2 Å². The Morgan fingerprint density at radius 2 is 2.19 bits per heavy atom. The van der Waals surface area contributed by atoms with E-state index in [1.165, 1.54) is 7.05 Å². The molecule has 0 aliphatic carbocycles. The molecule has 1 amide bonds. The highest BCUT2D eigenvalue weighted by Gasteiger charge is 2.24. The Morgan fingerprint density at radius 1 is 1.50 bits per heavy atom. The zero-order valence-electron chi connectivity index (χ0n) is 8.96. The Morgan fingerprint density at radius 3 is 2.81 bits per heavy atom. The maximum absolute atomic E-state index is 11.5. The van der Waals surface area contributed by atoms with Gasteiger partial charge in [-0.25, -0.2) is 4.79 Å². The fraction of sp³-hybridized carbons (Fsp3) is 0.364. The summed E-state index contributed by atoms with van der Waals surface area (Å²) in [5.74, 6) is 0.491. The summed E-state index contributed by atoms with van der Waals surface area (Å²) in [7, 11) is 1.51. The van der Waals surface area contributed by atoms with E-state index in [0.717, 1.165) is 5.06 Å². The van der Waals surface area contributed by atoms with Crippen LogP contribution in [0.3, 0.4) is 0 Å². The van der Waals surface area contributed by atoms with Crippen LogP contribution < -0.4 is 4.74 Å². The summed E-state index contributed by atoms with van der Waals surface area (Å²) >= 11 is 0. The van der Waals surface area contributed by atoms with E-state index in [1.807, 2.05) is 6.07 Å². The number of ether oxygens (including phenoxy) is 2. The highest BCUT2D eigenvalue weighted by atomic mass is 16.7. The van der Waals surface area contributed by atoms with Crippen molar-refractivity contribution >= 4 is 6.09 Å². The molecule has 1 fully saturated rings. The number of hydrogen-bond donors (Lipinski definition) is 0. The molecule has 1 aromatic rings. The second kappa shape index (κ2) is 4.96. The van der Waals surface area contributed by atoms with Crippen molar-refractivity contribution in [2.24, 2.45) is 0 Å². The number of amides is 1. The lowest BCUT2D eigenvalue weighted by Crippen LogP contribution is -2.31. The zero-order valence-corrected chi connectivity index (χ0v) is 8.96. The molecular formula is C11H13NO4. The van der Waals surface area contributed by atoms with Gasteiger partial charge in [0.1, 0.15) is 18.5 Å². The fourth-order valence-corrected chi connectivity index (χ4v) is 1.07. The monoisotopic (exact) mass is 223 g/mol. The maximum atomic E-state index is 11.5. The van der Waals surface area contributed by atoms with E-state index in [0.29, 0.717) is 19.0 Å². The minimum Gasteiger partial charge on any atom is -0.409 e. The maximum Gasteiger partial charge on any atom is 0.439 e. The van der Waals surface area contributed by atoms with Crippen LogP contribution in [0.2, 0.25) is 0 Å². The molecule has 0 saturated carbocycles. The Kier molecular flexibility index (Phi) is 3.38. The summed E-state index contributed by atoms with van der Waals surface area (Å²) in [5.41, 5.74) is 0. The predicted molar refractivity (Wildman–Crippen MR) is 55.9 cm³/mol. The van der Waals surface area contributed by atoms with Crippen LogP contribution in [0.5, 0.6) is 5.75 Å². The number of nitrogens with zero attached hydrogens (tertiary/aromatic N) is 1. The number of carbonyl (C=O) groups is 1. The molecule has 0 N–H and O–H groups in total. The molecule has 2 rings (SSSR count). The number of hydroxylamine groups is 2. The van der Waals surface area contributed by atoms with Crippen LogP contribution in [0.15, 0.2) is 30.3 Å². The third kappa shape index (κ3) is 3.22. The lowest BCUT2D eigenvalue weighted by molar-refractivity contribution is -0.114. The molecule has 5 heteroatoms. The Balaban J connectivity index is 1.77. The van der Waals surface area contributed by atoms with E-state index in [1.54, 1.807) is 24.3 Å². The first-order valence-electron chi connectivity index (χ1n) is 5.01. The molecule has 0 bridgehead atoms. The fourth-order valence-electron chi connectivity index (χ4n) is 1.07. The van der Waals surface area contributed by atoms with Gasteiger partial charge >= 0.3 is 6.09 Å². The topological polar surface area (TPSA) is 51.3 Å². The first-order chi connectivity index (χ1) is 7.75. The van der Waals surface area contributed by atoms with Crippen LogP contribution in [0.1, 0.15) is 0 Å². The van der Waals surface area contributed by atoms with Crippen LogP contribution in [0.4, 0.5) is 4.79 Å². The van der Waals surface area contributed by atoms with Crippen molar-refractivity contribution in [3.05, 3.63) is 30.3 Å². The largest absolute Gasteiger partial charge is 0.439 e. The van der Waals surface area contributed by atoms with E-state index in [9.17, 15) is 4.79 Å². The Bertz CT molecular complexity index is 350. The van der Waals surface area contributed by atoms with Gasteiger partial charge < -0.3 is 9.47 Å². The molecule has 0 radical (unpaired) electrons. The van der Waals surface area contributed by atoms with Crippen LogP contribution >= 0.6 is 0 Å². The molecular weight excluding hydrogens is 210 g/mol. The average Bonchev–Trinajstić information content (AvgIpc) is 3.11. The summed E-state index contributed by atoms with van der Waals surface area (Å²) in [5, 5.41) is 1.06. The third-order valence-electron chi connectivity index (χ3n) is 2.06. The lowest BCUT2D eigenvalue weighted by Gasteiger charge is -2.15. The number of carbonyl (C=O) groups excluding carboxylic acids is 1. The second-order valence-corrected chi connectivity index (χ2v) is 3.43. The van der Waals surface area contributed by atoms with Gasteiger partial charge in [0.25, 0.3) is 0 Å². The van der Waals surface area contributed by atoms with Crippen molar-refractivity contribution in [2.75, 3.05) is 20.3 Å². The summed E-state index contributed by atoms with van der Waals surface area (Å²) in [6.45, 7) is 1.07. The van der Waals surface area contributed by atoms with E-state index in [-0.39, 0.29) is 6.10 Å². The van der Waals surface area contributed by atoms with E-state index < -0.39 is 6.09 Å². The van der Waals surface area contributed by atoms with Crippen molar-refractivity contribution in [2.45, 2.75) is 6.10 Å². The van der Waals surface area contributed by atoms with Crippen LogP contribution in [0.25, 0.3) is 0 Å². The van der Waals surface area contributed by atoms with Crippen LogP contribution in [-0.2, 0) is 9.57 Å². The number of para-hydroxylation sites is 1. The summed E-state index contributed by atoms with van der Waals surface area (Å²) in [6, 6.07) is 8.84. The van der Waals surface area contributed by atoms with Gasteiger partial charge in [0, 0.05) is 7.05 Å². The number of benzene rings is 1. The molecule has 1 saturated heterocycles. The number of rotatable bonds is 4. The van der Waals surface area contributed by atoms with Gasteiger partial charge in [-0.2, -0.15) is 5.06 Å². The molecule has 86 valence electrons. The molecule has 1 unspecified atom stereocenters. The first-order valence-corrected chi connectivity index (χ1v) is 5.01. The van der Waals surface area contributed by atoms with Crippen LogP contribution in [-0.4, -0.2) is 37.5 Å². The lowest BCUT2D eigenvalue weighted by atomic mass is 10.3. The van der Waals surface area contributed by atoms with Crippen LogP contribution in [0, 0.1) is 0 Å². The third-order valence-corrected chi connectivity index (χ3v) is 2.06. The summed E-state index contributed by atoms with van der Waals surface area (Å²) in [4.78, 5) is 16.6. The first kappa shape index (κ1) is 10.9. The molecule has 1 aliphatic rings. The smallest absolute Gasteiger partial charge is 0.409 e. The Hall–Kier alpha value is -1.59. The van der Waals surface area contributed by atoms with Crippen molar-refractivity contribution < 1.29 is 19.1 Å². The summed E-state index contributed by atoms with van der Waals surface area (Å²) < 4.78 is 10.0. The molecule has 1 aromatic carbocycles. The van der Waals surface area contributed by atoms with Gasteiger partial charge in [-0.3, -0.25) is 4.84 Å². The van der Waals surface area contributed by atoms with Crippen molar-refractivity contribution in [3.8, 4) is 5.75 Å². The number of hydrogen-bond acceptors (Lipinski definition) is 4. The minimum atomic E-state index is -0.549. The molecule has 0 aromatic heterocycles. The van der Waals surface area contributed by atoms with Gasteiger partial charge in [-0.15, -0.1) is 0 Å². The Labute approximate surface area is 93.5 Å². The highest BCUT2D eigenvalue weighted by molar-refractivity contribution is 5.69. The average molecular weight is 223 g/mol. The SMILES string of the molecule is CN(OCC1CO1)C(=O)Oc1ccccc1. The van der Waals surface area contributed by atoms with Crippen molar-refractivity contribution in [1.82, 2.24) is 5.06 Å². The quantitative estimate of drug-likeness (QED) is 0.572. The number of epoxide rings is 1. The van der Waals surface area contributed by atoms with Gasteiger partial charge in [0.2, 0.25) is 0 Å². The van der Waals surface area contributed by atoms with Gasteiger partial charge in [0.15, 0.2) is 0 Å². The molecule has 1 heterocycles. The molecule has 0 spiro atoms. The highest BCUT2D eigenvalue weighted by Crippen LogP contribution is 2.12. The molecule has 1 atom stereocenters. The van der Waals surface area contributed by atoms with Gasteiger partial charge in [-0.05, 0) is 12.1 Å². The van der Waals surface area contributed by atoms with E-state index >= 15 is 0 Å². The predicted octanol–water partition coefficient (Wildman–Crippen LogP) is 1.45. The zero-order chi connectivity index (χ0) is 11.4. The molecule has 16 heavy (non-hydrogen) atoms. The van der Waals surface area contributed by atoms with Crippen molar-refractivity contribution in [1.29, 1.82) is 0 Å².